The zero-order chi connectivity index (χ0) is 13.9. The maximum absolute atomic E-state index is 12.2. The summed E-state index contributed by atoms with van der Waals surface area (Å²) in [6, 6.07) is 11.6. The van der Waals surface area contributed by atoms with Gasteiger partial charge in [0.1, 0.15) is 15.6 Å². The van der Waals surface area contributed by atoms with E-state index in [0.29, 0.717) is 4.90 Å². The number of hydrogen-bond donors (Lipinski definition) is 1. The van der Waals surface area contributed by atoms with Crippen LogP contribution in [0.2, 0.25) is 0 Å². The molecule has 98 valence electrons. The summed E-state index contributed by atoms with van der Waals surface area (Å²) in [7, 11) is -3.24. The minimum Gasteiger partial charge on any atom is -0.264 e. The second-order valence-corrected chi connectivity index (χ2v) is 5.78. The maximum atomic E-state index is 12.2. The first-order chi connectivity index (χ1) is 8.99. The Kier molecular flexibility index (Phi) is 3.73. The van der Waals surface area contributed by atoms with Crippen LogP contribution in [0.25, 0.3) is 0 Å². The third-order valence-electron chi connectivity index (χ3n) is 2.46. The molecular weight excluding hydrogens is 262 g/mol. The molecule has 0 spiro atoms. The molecule has 0 saturated heterocycles. The van der Waals surface area contributed by atoms with Gasteiger partial charge in [0.2, 0.25) is 0 Å². The number of aryl methyl sites for hydroxylation is 1. The lowest BCUT2D eigenvalue weighted by Gasteiger charge is -2.03. The van der Waals surface area contributed by atoms with Crippen molar-refractivity contribution in [2.75, 3.05) is 0 Å². The third kappa shape index (κ3) is 3.24. The normalized spacial score (nSPS) is 13.6. The molecule has 0 bridgehead atoms. The van der Waals surface area contributed by atoms with E-state index < -0.39 is 15.8 Å². The zero-order valence-electron chi connectivity index (χ0n) is 10.3. The van der Waals surface area contributed by atoms with Gasteiger partial charge in [0.05, 0.1) is 4.90 Å². The summed E-state index contributed by atoms with van der Waals surface area (Å²) in [6.07, 6.45) is 1.47. The predicted octanol–water partition coefficient (Wildman–Crippen LogP) is 1.93. The van der Waals surface area contributed by atoms with Gasteiger partial charge in [-0.15, -0.1) is 4.36 Å². The van der Waals surface area contributed by atoms with Crippen LogP contribution in [0.5, 0.6) is 0 Å². The molecule has 0 aliphatic rings. The standard InChI is InChI=1S/C13H13N3O2S/c1-10-5-7-11(8-6-10)19(14,18)16-13(17)12-4-2-3-9-15-12/h2-9H,1H3,(H2,14,16,17,18). The summed E-state index contributed by atoms with van der Waals surface area (Å²) in [4.78, 5) is 16.0. The Morgan fingerprint density at radius 1 is 1.21 bits per heavy atom. The third-order valence-corrected chi connectivity index (χ3v) is 3.85. The Labute approximate surface area is 111 Å². The molecule has 1 atom stereocenters. The molecule has 2 N–H and O–H groups in total. The summed E-state index contributed by atoms with van der Waals surface area (Å²) >= 11 is 0. The summed E-state index contributed by atoms with van der Waals surface area (Å²) in [5, 5.41) is 5.64. The van der Waals surface area contributed by atoms with Gasteiger partial charge in [-0.2, -0.15) is 0 Å². The molecule has 6 heteroatoms. The highest BCUT2D eigenvalue weighted by atomic mass is 32.2. The Morgan fingerprint density at radius 3 is 2.47 bits per heavy atom. The fourth-order valence-electron chi connectivity index (χ4n) is 1.45. The van der Waals surface area contributed by atoms with Crippen LogP contribution < -0.4 is 5.14 Å². The second kappa shape index (κ2) is 5.29. The molecule has 1 unspecified atom stereocenters. The van der Waals surface area contributed by atoms with E-state index in [-0.39, 0.29) is 5.69 Å². The highest BCUT2D eigenvalue weighted by Crippen LogP contribution is 2.11. The van der Waals surface area contributed by atoms with Crippen LogP contribution in [0.1, 0.15) is 16.1 Å². The fourth-order valence-corrected chi connectivity index (χ4v) is 2.42. The average Bonchev–Trinajstić information content (AvgIpc) is 2.40. The highest BCUT2D eigenvalue weighted by Gasteiger charge is 2.12. The van der Waals surface area contributed by atoms with Gasteiger partial charge < -0.3 is 0 Å². The number of amides is 1. The summed E-state index contributed by atoms with van der Waals surface area (Å²) < 4.78 is 15.8. The molecule has 0 saturated carbocycles. The van der Waals surface area contributed by atoms with Crippen molar-refractivity contribution >= 4 is 15.8 Å². The van der Waals surface area contributed by atoms with Gasteiger partial charge in [-0.1, -0.05) is 23.8 Å². The van der Waals surface area contributed by atoms with Gasteiger partial charge in [-0.3, -0.25) is 9.78 Å². The number of benzene rings is 1. The lowest BCUT2D eigenvalue weighted by molar-refractivity contribution is 0.1000. The molecule has 1 aromatic carbocycles. The molecule has 1 aromatic heterocycles. The number of hydrogen-bond acceptors (Lipinski definition) is 3. The number of carbonyl (C=O) groups excluding carboxylic acids is 1. The molecule has 0 radical (unpaired) electrons. The van der Waals surface area contributed by atoms with Gasteiger partial charge in [0.25, 0.3) is 0 Å². The monoisotopic (exact) mass is 275 g/mol. The van der Waals surface area contributed by atoms with E-state index in [1.54, 1.807) is 36.4 Å². The minimum atomic E-state index is -3.24. The van der Waals surface area contributed by atoms with Crippen molar-refractivity contribution in [1.29, 1.82) is 0 Å². The molecule has 5 nitrogen and oxygen atoms in total. The van der Waals surface area contributed by atoms with Crippen LogP contribution in [0, 0.1) is 6.92 Å². The van der Waals surface area contributed by atoms with Crippen molar-refractivity contribution in [3.8, 4) is 0 Å². The van der Waals surface area contributed by atoms with Gasteiger partial charge in [0, 0.05) is 6.20 Å². The number of carbonyl (C=O) groups is 1. The van der Waals surface area contributed by atoms with Crippen LogP contribution in [-0.4, -0.2) is 15.1 Å². The number of nitrogens with two attached hydrogens (primary N) is 1. The van der Waals surface area contributed by atoms with Crippen LogP contribution in [0.15, 0.2) is 57.9 Å². The van der Waals surface area contributed by atoms with Crippen LogP contribution in [0.3, 0.4) is 0 Å². The van der Waals surface area contributed by atoms with E-state index >= 15 is 0 Å². The van der Waals surface area contributed by atoms with E-state index in [0.717, 1.165) is 5.56 Å². The first-order valence-electron chi connectivity index (χ1n) is 5.56. The topological polar surface area (TPSA) is 85.4 Å². The molecule has 0 fully saturated rings. The van der Waals surface area contributed by atoms with Crippen LogP contribution in [0.4, 0.5) is 0 Å². The number of nitrogens with zero attached hydrogens (tertiary/aromatic N) is 2. The van der Waals surface area contributed by atoms with Crippen molar-refractivity contribution < 1.29 is 9.00 Å². The quantitative estimate of drug-likeness (QED) is 0.908. The first-order valence-corrected chi connectivity index (χ1v) is 7.14. The molecule has 0 aliphatic carbocycles. The van der Waals surface area contributed by atoms with Crippen molar-refractivity contribution in [2.45, 2.75) is 11.8 Å². The van der Waals surface area contributed by atoms with Crippen LogP contribution >= 0.6 is 0 Å². The summed E-state index contributed by atoms with van der Waals surface area (Å²) in [5.41, 5.74) is 1.13. The minimum absolute atomic E-state index is 0.118. The molecule has 1 heterocycles. The molecule has 0 aliphatic heterocycles. The van der Waals surface area contributed by atoms with E-state index in [9.17, 15) is 9.00 Å². The van der Waals surface area contributed by atoms with E-state index in [4.69, 9.17) is 5.14 Å². The SMILES string of the molecule is Cc1ccc(S(N)(=O)=NC(=O)c2ccccn2)cc1. The largest absolute Gasteiger partial charge is 0.304 e. The molecule has 19 heavy (non-hydrogen) atoms. The Bertz CT molecular complexity index is 702. The Hall–Kier alpha value is -2.05. The van der Waals surface area contributed by atoms with E-state index in [2.05, 4.69) is 9.35 Å². The average molecular weight is 275 g/mol. The van der Waals surface area contributed by atoms with Crippen molar-refractivity contribution in [3.63, 3.8) is 0 Å². The lowest BCUT2D eigenvalue weighted by atomic mass is 10.2. The molecule has 2 rings (SSSR count). The Morgan fingerprint density at radius 2 is 1.89 bits per heavy atom. The van der Waals surface area contributed by atoms with Gasteiger partial charge >= 0.3 is 5.91 Å². The summed E-state index contributed by atoms with van der Waals surface area (Å²) in [6.45, 7) is 1.90. The maximum Gasteiger partial charge on any atom is 0.304 e. The van der Waals surface area contributed by atoms with E-state index in [1.165, 1.54) is 12.3 Å². The van der Waals surface area contributed by atoms with E-state index in [1.807, 2.05) is 6.92 Å². The number of aromatic nitrogens is 1. The highest BCUT2D eigenvalue weighted by molar-refractivity contribution is 7.91. The Balaban J connectivity index is 2.39. The van der Waals surface area contributed by atoms with Gasteiger partial charge in [-0.05, 0) is 31.2 Å². The van der Waals surface area contributed by atoms with Crippen molar-refractivity contribution in [1.82, 2.24) is 4.98 Å². The fraction of sp³-hybridized carbons (Fsp3) is 0.0769. The number of rotatable bonds is 2. The van der Waals surface area contributed by atoms with Crippen LogP contribution in [-0.2, 0) is 9.92 Å². The van der Waals surface area contributed by atoms with Gasteiger partial charge in [-0.25, -0.2) is 9.35 Å². The van der Waals surface area contributed by atoms with Gasteiger partial charge in [0.15, 0.2) is 0 Å². The number of pyridine rings is 1. The lowest BCUT2D eigenvalue weighted by Crippen LogP contribution is -2.15. The smallest absolute Gasteiger partial charge is 0.264 e. The van der Waals surface area contributed by atoms with Crippen molar-refractivity contribution in [2.24, 2.45) is 9.50 Å². The zero-order valence-corrected chi connectivity index (χ0v) is 11.1. The molecule has 1 amide bonds. The molecule has 2 aromatic rings. The summed E-state index contributed by atoms with van der Waals surface area (Å²) in [5.74, 6) is -0.686. The van der Waals surface area contributed by atoms with Crippen molar-refractivity contribution in [3.05, 3.63) is 59.9 Å². The first kappa shape index (κ1) is 13.4. The molecular formula is C13H13N3O2S. The second-order valence-electron chi connectivity index (χ2n) is 3.99. The predicted molar refractivity (Wildman–Crippen MR) is 72.8 cm³/mol.